The lowest BCUT2D eigenvalue weighted by Gasteiger charge is -2.49. The normalized spacial score (nSPS) is 17.7. The molecule has 0 unspecified atom stereocenters. The number of nitrogens with two attached hydrogens (primary N) is 1. The summed E-state index contributed by atoms with van der Waals surface area (Å²) in [5, 5.41) is 0. The van der Waals surface area contributed by atoms with Crippen molar-refractivity contribution in [2.24, 2.45) is 0 Å². The lowest BCUT2D eigenvalue weighted by Crippen LogP contribution is -2.56. The van der Waals surface area contributed by atoms with E-state index in [0.29, 0.717) is 5.54 Å². The lowest BCUT2D eigenvalue weighted by atomic mass is 9.75. The Hall–Kier alpha value is -1.06. The van der Waals surface area contributed by atoms with Crippen molar-refractivity contribution in [3.63, 3.8) is 0 Å². The summed E-state index contributed by atoms with van der Waals surface area (Å²) >= 11 is 0. The Morgan fingerprint density at radius 1 is 1.21 bits per heavy atom. The molecule has 1 aliphatic rings. The third-order valence-electron chi connectivity index (χ3n) is 4.53. The van der Waals surface area contributed by atoms with Crippen molar-refractivity contribution >= 4 is 5.69 Å². The molecule has 106 valence electrons. The number of nitrogens with zero attached hydrogens (tertiary/aromatic N) is 2. The van der Waals surface area contributed by atoms with E-state index in [0.717, 1.165) is 18.7 Å². The Kier molecular flexibility index (Phi) is 4.48. The number of rotatable bonds is 6. The monoisotopic (exact) mass is 261 g/mol. The summed E-state index contributed by atoms with van der Waals surface area (Å²) in [6, 6.07) is 8.23. The van der Waals surface area contributed by atoms with E-state index in [4.69, 9.17) is 5.73 Å². The largest absolute Gasteiger partial charge is 0.399 e. The van der Waals surface area contributed by atoms with Gasteiger partial charge in [0.1, 0.15) is 0 Å². The second-order valence-corrected chi connectivity index (χ2v) is 6.21. The Morgan fingerprint density at radius 3 is 2.47 bits per heavy atom. The van der Waals surface area contributed by atoms with Gasteiger partial charge in [0.25, 0.3) is 0 Å². The van der Waals surface area contributed by atoms with E-state index >= 15 is 0 Å². The van der Waals surface area contributed by atoms with E-state index in [2.05, 4.69) is 43.1 Å². The van der Waals surface area contributed by atoms with Crippen LogP contribution in [0.5, 0.6) is 0 Å². The maximum absolute atomic E-state index is 5.82. The molecule has 19 heavy (non-hydrogen) atoms. The average Bonchev–Trinajstić information content (AvgIpc) is 2.31. The predicted molar refractivity (Wildman–Crippen MR) is 82.3 cm³/mol. The van der Waals surface area contributed by atoms with Crippen LogP contribution in [0.1, 0.15) is 24.8 Å². The van der Waals surface area contributed by atoms with E-state index < -0.39 is 0 Å². The second-order valence-electron chi connectivity index (χ2n) is 6.21. The van der Waals surface area contributed by atoms with Crippen LogP contribution in [0.4, 0.5) is 5.69 Å². The van der Waals surface area contributed by atoms with Gasteiger partial charge in [0.05, 0.1) is 0 Å². The van der Waals surface area contributed by atoms with Crippen LogP contribution in [0, 0.1) is 0 Å². The number of likely N-dealkylation sites (N-methyl/N-ethyl adjacent to an activating group) is 2. The van der Waals surface area contributed by atoms with Gasteiger partial charge in [0.15, 0.2) is 0 Å². The molecule has 0 spiro atoms. The first-order chi connectivity index (χ1) is 9.02. The molecule has 1 aliphatic carbocycles. The number of nitrogen functional groups attached to an aromatic ring is 1. The van der Waals surface area contributed by atoms with Gasteiger partial charge in [-0.3, -0.25) is 0 Å². The molecule has 1 aromatic rings. The molecule has 0 radical (unpaired) electrons. The first kappa shape index (κ1) is 14.4. The van der Waals surface area contributed by atoms with Gasteiger partial charge in [-0.2, -0.15) is 0 Å². The smallest absolute Gasteiger partial charge is 0.0330 e. The van der Waals surface area contributed by atoms with Gasteiger partial charge < -0.3 is 15.5 Å². The minimum absolute atomic E-state index is 0.421. The summed E-state index contributed by atoms with van der Waals surface area (Å²) in [6.07, 6.45) is 5.12. The number of benzene rings is 1. The highest BCUT2D eigenvalue weighted by Crippen LogP contribution is 2.36. The second kappa shape index (κ2) is 5.93. The molecule has 3 nitrogen and oxygen atoms in total. The molecule has 2 rings (SSSR count). The van der Waals surface area contributed by atoms with Gasteiger partial charge in [-0.05, 0) is 64.5 Å². The van der Waals surface area contributed by atoms with Crippen LogP contribution in [0.2, 0.25) is 0 Å². The molecule has 1 fully saturated rings. The van der Waals surface area contributed by atoms with Crippen LogP contribution in [0.15, 0.2) is 24.3 Å². The minimum atomic E-state index is 0.421. The topological polar surface area (TPSA) is 32.5 Å². The quantitative estimate of drug-likeness (QED) is 0.797. The van der Waals surface area contributed by atoms with Gasteiger partial charge in [-0.25, -0.2) is 0 Å². The van der Waals surface area contributed by atoms with Gasteiger partial charge in [0.2, 0.25) is 0 Å². The summed E-state index contributed by atoms with van der Waals surface area (Å²) in [4.78, 5) is 4.87. The zero-order valence-corrected chi connectivity index (χ0v) is 12.5. The first-order valence-corrected chi connectivity index (χ1v) is 7.22. The Balaban J connectivity index is 1.83. The molecular weight excluding hydrogens is 234 g/mol. The first-order valence-electron chi connectivity index (χ1n) is 7.22. The lowest BCUT2D eigenvalue weighted by molar-refractivity contribution is 0.0282. The fourth-order valence-corrected chi connectivity index (χ4v) is 2.98. The van der Waals surface area contributed by atoms with Crippen LogP contribution in [-0.2, 0) is 6.42 Å². The van der Waals surface area contributed by atoms with Crippen molar-refractivity contribution in [2.75, 3.05) is 40.0 Å². The molecule has 2 N–H and O–H groups in total. The molecule has 0 amide bonds. The van der Waals surface area contributed by atoms with Gasteiger partial charge in [0, 0.05) is 24.3 Å². The van der Waals surface area contributed by atoms with E-state index in [1.54, 1.807) is 0 Å². The van der Waals surface area contributed by atoms with Crippen molar-refractivity contribution in [3.8, 4) is 0 Å². The van der Waals surface area contributed by atoms with E-state index in [1.807, 2.05) is 12.1 Å². The van der Waals surface area contributed by atoms with Crippen LogP contribution >= 0.6 is 0 Å². The SMILES string of the molecule is CN(CCc1cccc(N)c1)CC1(N(C)C)CCC1. The number of hydrogen-bond acceptors (Lipinski definition) is 3. The van der Waals surface area contributed by atoms with Gasteiger partial charge >= 0.3 is 0 Å². The molecule has 1 saturated carbocycles. The third kappa shape index (κ3) is 3.48. The zero-order chi connectivity index (χ0) is 13.9. The Bertz CT molecular complexity index is 410. The third-order valence-corrected chi connectivity index (χ3v) is 4.53. The molecule has 0 aliphatic heterocycles. The van der Waals surface area contributed by atoms with Gasteiger partial charge in [-0.1, -0.05) is 12.1 Å². The van der Waals surface area contributed by atoms with Crippen molar-refractivity contribution in [2.45, 2.75) is 31.2 Å². The van der Waals surface area contributed by atoms with Crippen molar-refractivity contribution in [3.05, 3.63) is 29.8 Å². The van der Waals surface area contributed by atoms with Crippen LogP contribution in [-0.4, -0.2) is 49.6 Å². The fourth-order valence-electron chi connectivity index (χ4n) is 2.98. The highest BCUT2D eigenvalue weighted by Gasteiger charge is 2.39. The molecule has 0 bridgehead atoms. The molecule has 0 heterocycles. The predicted octanol–water partition coefficient (Wildman–Crippen LogP) is 2.23. The highest BCUT2D eigenvalue weighted by molar-refractivity contribution is 5.40. The Labute approximate surface area is 117 Å². The molecular formula is C16H27N3. The van der Waals surface area contributed by atoms with Crippen LogP contribution < -0.4 is 5.73 Å². The summed E-state index contributed by atoms with van der Waals surface area (Å²) in [7, 11) is 6.66. The highest BCUT2D eigenvalue weighted by atomic mass is 15.2. The van der Waals surface area contributed by atoms with Crippen LogP contribution in [0.3, 0.4) is 0 Å². The number of hydrogen-bond donors (Lipinski definition) is 1. The molecule has 1 aromatic carbocycles. The van der Waals surface area contributed by atoms with E-state index in [1.165, 1.54) is 31.4 Å². The number of anilines is 1. The van der Waals surface area contributed by atoms with E-state index in [9.17, 15) is 0 Å². The summed E-state index contributed by atoms with van der Waals surface area (Å²) in [5.74, 6) is 0. The zero-order valence-electron chi connectivity index (χ0n) is 12.5. The van der Waals surface area contributed by atoms with Gasteiger partial charge in [-0.15, -0.1) is 0 Å². The minimum Gasteiger partial charge on any atom is -0.399 e. The fraction of sp³-hybridized carbons (Fsp3) is 0.625. The Morgan fingerprint density at radius 2 is 1.95 bits per heavy atom. The summed E-state index contributed by atoms with van der Waals surface area (Å²) in [5.41, 5.74) is 8.44. The molecule has 0 aromatic heterocycles. The standard InChI is InChI=1S/C16H27N3/c1-18(2)16(9-5-10-16)13-19(3)11-8-14-6-4-7-15(17)12-14/h4,6-7,12H,5,8-11,13,17H2,1-3H3. The van der Waals surface area contributed by atoms with Crippen molar-refractivity contribution < 1.29 is 0 Å². The summed E-state index contributed by atoms with van der Waals surface area (Å²) in [6.45, 7) is 2.27. The maximum atomic E-state index is 5.82. The molecule has 0 saturated heterocycles. The molecule has 3 heteroatoms. The van der Waals surface area contributed by atoms with Crippen molar-refractivity contribution in [1.29, 1.82) is 0 Å². The van der Waals surface area contributed by atoms with Crippen LogP contribution in [0.25, 0.3) is 0 Å². The van der Waals surface area contributed by atoms with E-state index in [-0.39, 0.29) is 0 Å². The maximum Gasteiger partial charge on any atom is 0.0330 e. The average molecular weight is 261 g/mol. The van der Waals surface area contributed by atoms with Crippen molar-refractivity contribution in [1.82, 2.24) is 9.80 Å². The molecule has 0 atom stereocenters. The summed E-state index contributed by atoms with van der Waals surface area (Å²) < 4.78 is 0.